The van der Waals surface area contributed by atoms with Crippen LogP contribution < -0.4 is 5.32 Å². The van der Waals surface area contributed by atoms with Crippen molar-refractivity contribution in [1.82, 2.24) is 5.32 Å². The summed E-state index contributed by atoms with van der Waals surface area (Å²) in [4.78, 5) is 11.7. The van der Waals surface area contributed by atoms with Crippen LogP contribution in [-0.4, -0.2) is 44.3 Å². The second-order valence-electron chi connectivity index (χ2n) is 5.64. The highest BCUT2D eigenvalue weighted by molar-refractivity contribution is 5.78. The zero-order valence-corrected chi connectivity index (χ0v) is 11.9. The lowest BCUT2D eigenvalue weighted by atomic mass is 10.1. The summed E-state index contributed by atoms with van der Waals surface area (Å²) in [5.41, 5.74) is 0. The Balaban J connectivity index is 1.44. The largest absolute Gasteiger partial charge is 0.378 e. The Morgan fingerprint density at radius 2 is 2.05 bits per heavy atom. The second kappa shape index (κ2) is 8.67. The van der Waals surface area contributed by atoms with E-state index >= 15 is 0 Å². The molecule has 2 rings (SSSR count). The Kier molecular flexibility index (Phi) is 6.82. The van der Waals surface area contributed by atoms with E-state index in [4.69, 9.17) is 9.47 Å². The molecule has 2 saturated heterocycles. The Morgan fingerprint density at radius 3 is 2.79 bits per heavy atom. The summed E-state index contributed by atoms with van der Waals surface area (Å²) in [5.74, 6) is 0.340. The van der Waals surface area contributed by atoms with E-state index in [1.807, 2.05) is 0 Å². The molecule has 0 amide bonds. The van der Waals surface area contributed by atoms with Gasteiger partial charge in [0.15, 0.2) is 0 Å². The van der Waals surface area contributed by atoms with Gasteiger partial charge in [0.1, 0.15) is 5.78 Å². The van der Waals surface area contributed by atoms with E-state index in [2.05, 4.69) is 5.32 Å². The molecule has 2 aliphatic heterocycles. The molecule has 2 aliphatic rings. The van der Waals surface area contributed by atoms with E-state index < -0.39 is 0 Å². The molecule has 0 radical (unpaired) electrons. The van der Waals surface area contributed by atoms with Crippen LogP contribution in [0.15, 0.2) is 0 Å². The number of carbonyl (C=O) groups is 1. The minimum Gasteiger partial charge on any atom is -0.378 e. The lowest BCUT2D eigenvalue weighted by molar-refractivity contribution is -0.120. The predicted octanol–water partition coefficient (Wildman–Crippen LogP) is 2.06. The van der Waals surface area contributed by atoms with Crippen LogP contribution in [0.3, 0.4) is 0 Å². The van der Waals surface area contributed by atoms with Crippen molar-refractivity contribution in [2.45, 2.75) is 63.6 Å². The van der Waals surface area contributed by atoms with Gasteiger partial charge in [0, 0.05) is 19.4 Å². The van der Waals surface area contributed by atoms with Crippen molar-refractivity contribution in [3.8, 4) is 0 Å². The number of ether oxygens (including phenoxy) is 2. The molecule has 2 heterocycles. The first-order valence-corrected chi connectivity index (χ1v) is 7.80. The number of rotatable bonds is 8. The molecular weight excluding hydrogens is 242 g/mol. The third-order valence-electron chi connectivity index (χ3n) is 4.03. The van der Waals surface area contributed by atoms with Gasteiger partial charge in [-0.3, -0.25) is 4.79 Å². The number of nitrogens with one attached hydrogen (secondary N) is 1. The molecule has 2 fully saturated rings. The standard InChI is InChI=1S/C15H27NO3/c17-13(3-1-4-14-5-2-11-18-14)8-12-19-15-6-9-16-10-7-15/h14-16H,1-12H2. The lowest BCUT2D eigenvalue weighted by Crippen LogP contribution is -2.32. The number of carbonyl (C=O) groups excluding carboxylic acids is 1. The SMILES string of the molecule is O=C(CCCC1CCCO1)CCOC1CCNCC1. The molecule has 19 heavy (non-hydrogen) atoms. The van der Waals surface area contributed by atoms with E-state index in [1.165, 1.54) is 12.8 Å². The van der Waals surface area contributed by atoms with Crippen molar-refractivity contribution in [3.63, 3.8) is 0 Å². The monoisotopic (exact) mass is 269 g/mol. The summed E-state index contributed by atoms with van der Waals surface area (Å²) >= 11 is 0. The highest BCUT2D eigenvalue weighted by Crippen LogP contribution is 2.18. The first-order valence-electron chi connectivity index (χ1n) is 7.80. The fourth-order valence-corrected chi connectivity index (χ4v) is 2.83. The van der Waals surface area contributed by atoms with Crippen molar-refractivity contribution in [3.05, 3.63) is 0 Å². The molecule has 110 valence electrons. The minimum atomic E-state index is 0.340. The molecular formula is C15H27NO3. The van der Waals surface area contributed by atoms with Gasteiger partial charge in [0.25, 0.3) is 0 Å². The predicted molar refractivity (Wildman–Crippen MR) is 74.3 cm³/mol. The normalized spacial score (nSPS) is 24.7. The maximum Gasteiger partial charge on any atom is 0.135 e. The molecule has 1 N–H and O–H groups in total. The van der Waals surface area contributed by atoms with Gasteiger partial charge >= 0.3 is 0 Å². The molecule has 4 nitrogen and oxygen atoms in total. The fraction of sp³-hybridized carbons (Fsp3) is 0.933. The van der Waals surface area contributed by atoms with Crippen molar-refractivity contribution < 1.29 is 14.3 Å². The minimum absolute atomic E-state index is 0.340. The van der Waals surface area contributed by atoms with Gasteiger partial charge in [-0.25, -0.2) is 0 Å². The second-order valence-corrected chi connectivity index (χ2v) is 5.64. The number of ketones is 1. The Labute approximate surface area is 116 Å². The molecule has 0 aromatic carbocycles. The molecule has 0 saturated carbocycles. The molecule has 0 aromatic rings. The Morgan fingerprint density at radius 1 is 1.21 bits per heavy atom. The number of piperidine rings is 1. The van der Waals surface area contributed by atoms with Gasteiger partial charge in [0.2, 0.25) is 0 Å². The van der Waals surface area contributed by atoms with Gasteiger partial charge in [-0.1, -0.05) is 0 Å². The van der Waals surface area contributed by atoms with Gasteiger partial charge in [-0.2, -0.15) is 0 Å². The van der Waals surface area contributed by atoms with Crippen molar-refractivity contribution in [2.75, 3.05) is 26.3 Å². The zero-order chi connectivity index (χ0) is 13.3. The quantitative estimate of drug-likeness (QED) is 0.733. The fourth-order valence-electron chi connectivity index (χ4n) is 2.83. The lowest BCUT2D eigenvalue weighted by Gasteiger charge is -2.22. The average molecular weight is 269 g/mol. The van der Waals surface area contributed by atoms with Crippen LogP contribution in [0, 0.1) is 0 Å². The zero-order valence-electron chi connectivity index (χ0n) is 11.9. The van der Waals surface area contributed by atoms with E-state index in [-0.39, 0.29) is 0 Å². The smallest absolute Gasteiger partial charge is 0.135 e. The van der Waals surface area contributed by atoms with E-state index in [0.29, 0.717) is 37.4 Å². The van der Waals surface area contributed by atoms with Crippen LogP contribution in [0.4, 0.5) is 0 Å². The third-order valence-corrected chi connectivity index (χ3v) is 4.03. The van der Waals surface area contributed by atoms with Crippen LogP contribution in [0.2, 0.25) is 0 Å². The summed E-state index contributed by atoms with van der Waals surface area (Å²) < 4.78 is 11.3. The Hall–Kier alpha value is -0.450. The molecule has 0 aliphatic carbocycles. The number of hydrogen-bond acceptors (Lipinski definition) is 4. The van der Waals surface area contributed by atoms with Crippen LogP contribution in [0.1, 0.15) is 51.4 Å². The Bertz CT molecular complexity index is 258. The summed E-state index contributed by atoms with van der Waals surface area (Å²) in [7, 11) is 0. The van der Waals surface area contributed by atoms with Gasteiger partial charge < -0.3 is 14.8 Å². The summed E-state index contributed by atoms with van der Waals surface area (Å²) in [6.45, 7) is 3.59. The maximum absolute atomic E-state index is 11.7. The summed E-state index contributed by atoms with van der Waals surface area (Å²) in [5, 5.41) is 3.31. The summed E-state index contributed by atoms with van der Waals surface area (Å²) in [6, 6.07) is 0. The van der Waals surface area contributed by atoms with E-state index in [9.17, 15) is 4.79 Å². The van der Waals surface area contributed by atoms with Crippen molar-refractivity contribution in [2.24, 2.45) is 0 Å². The molecule has 1 atom stereocenters. The van der Waals surface area contributed by atoms with Crippen LogP contribution in [-0.2, 0) is 14.3 Å². The van der Waals surface area contributed by atoms with Crippen LogP contribution in [0.5, 0.6) is 0 Å². The highest BCUT2D eigenvalue weighted by Gasteiger charge is 2.16. The van der Waals surface area contributed by atoms with Gasteiger partial charge in [-0.05, 0) is 51.6 Å². The van der Waals surface area contributed by atoms with Gasteiger partial charge in [0.05, 0.1) is 18.8 Å². The first-order chi connectivity index (χ1) is 9.34. The van der Waals surface area contributed by atoms with Crippen molar-refractivity contribution >= 4 is 5.78 Å². The number of hydrogen-bond donors (Lipinski definition) is 1. The third kappa shape index (κ3) is 6.02. The first kappa shape index (κ1) is 14.9. The van der Waals surface area contributed by atoms with Crippen LogP contribution >= 0.6 is 0 Å². The average Bonchev–Trinajstić information content (AvgIpc) is 2.93. The maximum atomic E-state index is 11.7. The van der Waals surface area contributed by atoms with Crippen LogP contribution in [0.25, 0.3) is 0 Å². The molecule has 0 spiro atoms. The van der Waals surface area contributed by atoms with Gasteiger partial charge in [-0.15, -0.1) is 0 Å². The molecule has 4 heteroatoms. The van der Waals surface area contributed by atoms with Crippen molar-refractivity contribution in [1.29, 1.82) is 0 Å². The molecule has 0 aromatic heterocycles. The highest BCUT2D eigenvalue weighted by atomic mass is 16.5. The molecule has 0 bridgehead atoms. The number of Topliss-reactive ketones (excluding diaryl/α,β-unsaturated/α-hetero) is 1. The molecule has 1 unspecified atom stereocenters. The van der Waals surface area contributed by atoms with E-state index in [0.717, 1.165) is 45.4 Å². The topological polar surface area (TPSA) is 47.6 Å². The van der Waals surface area contributed by atoms with E-state index in [1.54, 1.807) is 0 Å². The summed E-state index contributed by atoms with van der Waals surface area (Å²) in [6.07, 6.45) is 8.57.